The van der Waals surface area contributed by atoms with Crippen LogP contribution < -0.4 is 4.90 Å². The molecule has 231 valence electrons. The van der Waals surface area contributed by atoms with Crippen LogP contribution in [0.3, 0.4) is 0 Å². The van der Waals surface area contributed by atoms with Gasteiger partial charge in [0.05, 0.1) is 0 Å². The molecular formula is C41H41IrN3-2. The molecule has 2 saturated carbocycles. The number of rotatable bonds is 4. The summed E-state index contributed by atoms with van der Waals surface area (Å²) >= 11 is 0. The van der Waals surface area contributed by atoms with Crippen molar-refractivity contribution in [1.29, 1.82) is 0 Å². The van der Waals surface area contributed by atoms with Crippen LogP contribution in [0.1, 0.15) is 68.1 Å². The molecule has 3 aliphatic rings. The van der Waals surface area contributed by atoms with Crippen LogP contribution in [0.5, 0.6) is 0 Å². The third-order valence-corrected chi connectivity index (χ3v) is 10.3. The van der Waals surface area contributed by atoms with Gasteiger partial charge in [0.2, 0.25) is 0 Å². The minimum absolute atomic E-state index is 0. The third-order valence-electron chi connectivity index (χ3n) is 10.3. The Morgan fingerprint density at radius 3 is 2.04 bits per heavy atom. The molecule has 0 N–H and O–H groups in total. The number of nitrogens with zero attached hydrogens (tertiary/aromatic N) is 3. The van der Waals surface area contributed by atoms with Gasteiger partial charge < -0.3 is 14.9 Å². The zero-order valence-electron chi connectivity index (χ0n) is 26.3. The number of benzene rings is 3. The van der Waals surface area contributed by atoms with Gasteiger partial charge in [-0.3, -0.25) is 0 Å². The molecule has 8 rings (SSSR count). The predicted octanol–water partition coefficient (Wildman–Crippen LogP) is 10.2. The van der Waals surface area contributed by atoms with Gasteiger partial charge in [-0.2, -0.15) is 0 Å². The Morgan fingerprint density at radius 1 is 0.689 bits per heavy atom. The van der Waals surface area contributed by atoms with Crippen molar-refractivity contribution in [2.75, 3.05) is 11.9 Å². The molecule has 0 amide bonds. The number of aryl methyl sites for hydroxylation is 1. The van der Waals surface area contributed by atoms with E-state index in [-0.39, 0.29) is 25.5 Å². The maximum Gasteiger partial charge on any atom is 0.0366 e. The first kappa shape index (κ1) is 31.4. The Balaban J connectivity index is 0.000000215. The summed E-state index contributed by atoms with van der Waals surface area (Å²) in [5.74, 6) is 1.45. The summed E-state index contributed by atoms with van der Waals surface area (Å²) < 4.78 is 0. The van der Waals surface area contributed by atoms with Crippen molar-refractivity contribution in [2.45, 2.75) is 63.7 Å². The molecule has 4 heteroatoms. The zero-order chi connectivity index (χ0) is 29.9. The topological polar surface area (TPSA) is 29.0 Å². The molecule has 2 fully saturated rings. The summed E-state index contributed by atoms with van der Waals surface area (Å²) in [5, 5.41) is 0. The number of hydrogen-bond acceptors (Lipinski definition) is 3. The van der Waals surface area contributed by atoms with Crippen LogP contribution in [-0.2, 0) is 25.5 Å². The Morgan fingerprint density at radius 2 is 1.38 bits per heavy atom. The monoisotopic (exact) mass is 768 g/mol. The van der Waals surface area contributed by atoms with Gasteiger partial charge in [0, 0.05) is 50.6 Å². The second-order valence-electron chi connectivity index (χ2n) is 12.7. The number of pyridine rings is 2. The fraction of sp³-hybridized carbons (Fsp3) is 0.317. The normalized spacial score (nSPS) is 17.1. The van der Waals surface area contributed by atoms with E-state index in [4.69, 9.17) is 4.98 Å². The second-order valence-corrected chi connectivity index (χ2v) is 12.7. The van der Waals surface area contributed by atoms with Gasteiger partial charge in [-0.1, -0.05) is 73.2 Å². The van der Waals surface area contributed by atoms with Crippen molar-refractivity contribution < 1.29 is 20.1 Å². The molecule has 5 aromatic rings. The molecule has 1 radical (unpaired) electrons. The standard InChI is InChI=1S/C29H31N2.C12H10N.Ir/c1-31-27-19-7-6-16-24(27)29(21-11-2-3-12-21,22-13-4-5-14-22)25-17-10-15-23(28(25)31)26-18-8-9-20-30-26;1-10-7-8-13-12(9-10)11-5-3-2-4-6-11;/h6-10,16-22H,2-5,11-14H2,1H3;2-5,7-9H,1H3;/q2*-1;. The van der Waals surface area contributed by atoms with Crippen molar-refractivity contribution in [1.82, 2.24) is 9.97 Å². The Bertz CT molecular complexity index is 1690. The maximum atomic E-state index is 4.73. The fourth-order valence-corrected chi connectivity index (χ4v) is 8.47. The molecular weight excluding hydrogens is 727 g/mol. The molecule has 3 nitrogen and oxygen atoms in total. The average molecular weight is 768 g/mol. The van der Waals surface area contributed by atoms with Gasteiger partial charge in [0.15, 0.2) is 0 Å². The quantitative estimate of drug-likeness (QED) is 0.171. The van der Waals surface area contributed by atoms with E-state index >= 15 is 0 Å². The van der Waals surface area contributed by atoms with Crippen molar-refractivity contribution in [2.24, 2.45) is 11.8 Å². The average Bonchev–Trinajstić information content (AvgIpc) is 3.83. The number of hydrogen-bond donors (Lipinski definition) is 0. The van der Waals surface area contributed by atoms with Crippen LogP contribution in [0, 0.1) is 30.9 Å². The third kappa shape index (κ3) is 5.80. The van der Waals surface area contributed by atoms with E-state index < -0.39 is 0 Å². The second kappa shape index (κ2) is 13.8. The van der Waals surface area contributed by atoms with E-state index in [9.17, 15) is 0 Å². The van der Waals surface area contributed by atoms with Gasteiger partial charge in [0.25, 0.3) is 0 Å². The van der Waals surface area contributed by atoms with Gasteiger partial charge in [-0.15, -0.1) is 59.7 Å². The van der Waals surface area contributed by atoms with Crippen LogP contribution in [0.25, 0.3) is 22.5 Å². The fourth-order valence-electron chi connectivity index (χ4n) is 8.47. The van der Waals surface area contributed by atoms with Gasteiger partial charge in [0.1, 0.15) is 0 Å². The smallest absolute Gasteiger partial charge is 0.0366 e. The molecule has 0 atom stereocenters. The molecule has 1 aliphatic heterocycles. The first-order valence-electron chi connectivity index (χ1n) is 16.4. The molecule has 2 aromatic heterocycles. The molecule has 0 saturated heterocycles. The number of para-hydroxylation sites is 1. The summed E-state index contributed by atoms with van der Waals surface area (Å²) in [6, 6.07) is 38.7. The van der Waals surface area contributed by atoms with Gasteiger partial charge >= 0.3 is 0 Å². The van der Waals surface area contributed by atoms with Crippen molar-refractivity contribution in [3.05, 3.63) is 132 Å². The summed E-state index contributed by atoms with van der Waals surface area (Å²) in [4.78, 5) is 11.4. The first-order valence-corrected chi connectivity index (χ1v) is 16.4. The number of fused-ring (bicyclic) bond motifs is 2. The molecule has 0 bridgehead atoms. The summed E-state index contributed by atoms with van der Waals surface area (Å²) in [7, 11) is 2.24. The van der Waals surface area contributed by atoms with E-state index in [0.717, 1.165) is 34.4 Å². The van der Waals surface area contributed by atoms with Gasteiger partial charge in [-0.05, 0) is 85.3 Å². The number of anilines is 2. The van der Waals surface area contributed by atoms with E-state index in [2.05, 4.69) is 90.6 Å². The van der Waals surface area contributed by atoms with Gasteiger partial charge in [-0.25, -0.2) is 0 Å². The molecule has 2 aliphatic carbocycles. The minimum Gasteiger partial charge on any atom is -0.384 e. The van der Waals surface area contributed by atoms with E-state index in [1.807, 2.05) is 48.8 Å². The van der Waals surface area contributed by atoms with E-state index in [1.165, 1.54) is 73.9 Å². The van der Waals surface area contributed by atoms with Crippen molar-refractivity contribution in [3.8, 4) is 22.5 Å². The zero-order valence-corrected chi connectivity index (χ0v) is 28.7. The summed E-state index contributed by atoms with van der Waals surface area (Å²) in [6.07, 6.45) is 14.6. The minimum atomic E-state index is 0. The molecule has 0 unspecified atom stereocenters. The largest absolute Gasteiger partial charge is 0.384 e. The van der Waals surface area contributed by atoms with Crippen molar-refractivity contribution >= 4 is 11.4 Å². The van der Waals surface area contributed by atoms with Crippen LogP contribution in [0.2, 0.25) is 0 Å². The molecule has 45 heavy (non-hydrogen) atoms. The first-order chi connectivity index (χ1) is 21.7. The van der Waals surface area contributed by atoms with E-state index in [0.29, 0.717) is 0 Å². The molecule has 3 aromatic carbocycles. The van der Waals surface area contributed by atoms with E-state index in [1.54, 1.807) is 5.56 Å². The van der Waals surface area contributed by atoms with Crippen LogP contribution in [-0.4, -0.2) is 17.0 Å². The SMILES string of the molecule is CN1c2ccccc2C(C2CCCC2)(C2CCCC2)c2cc[c-]c(-c3ccccn3)c21.Cc1ccnc(-c2[c-]cccc2)c1.[Ir]. The van der Waals surface area contributed by atoms with Crippen LogP contribution in [0.15, 0.2) is 103 Å². The Hall–Kier alpha value is -3.59. The van der Waals surface area contributed by atoms with Crippen molar-refractivity contribution in [3.63, 3.8) is 0 Å². The summed E-state index contributed by atoms with van der Waals surface area (Å²) in [6.45, 7) is 2.06. The van der Waals surface area contributed by atoms with Crippen LogP contribution >= 0.6 is 0 Å². The Labute approximate surface area is 282 Å². The predicted molar refractivity (Wildman–Crippen MR) is 181 cm³/mol. The summed E-state index contributed by atoms with van der Waals surface area (Å²) in [5.41, 5.74) is 11.4. The molecule has 0 spiro atoms. The van der Waals surface area contributed by atoms with Crippen LogP contribution in [0.4, 0.5) is 11.4 Å². The number of aromatic nitrogens is 2. The Kier molecular flexibility index (Phi) is 9.64. The molecule has 3 heterocycles. The maximum absolute atomic E-state index is 4.73.